The largest absolute Gasteiger partial charge is 0.478 e. The number of pyridine rings is 1. The van der Waals surface area contributed by atoms with Gasteiger partial charge in [-0.25, -0.2) is 4.98 Å². The van der Waals surface area contributed by atoms with Crippen molar-refractivity contribution in [3.63, 3.8) is 0 Å². The number of rotatable bonds is 8. The Morgan fingerprint density at radius 3 is 2.42 bits per heavy atom. The molecule has 100 valence electrons. The molecule has 0 saturated heterocycles. The fraction of sp³-hybridized carbons (Fsp3) is 0.312. The fourth-order valence-corrected chi connectivity index (χ4v) is 1.68. The van der Waals surface area contributed by atoms with Gasteiger partial charge in [-0.1, -0.05) is 36.4 Å². The molecular formula is C16H19NO2. The van der Waals surface area contributed by atoms with Gasteiger partial charge in [-0.05, 0) is 24.5 Å². The number of benzene rings is 1. The molecule has 1 aromatic heterocycles. The molecule has 1 heterocycles. The summed E-state index contributed by atoms with van der Waals surface area (Å²) in [5, 5.41) is 0. The minimum absolute atomic E-state index is 0.682. The van der Waals surface area contributed by atoms with Crippen molar-refractivity contribution < 1.29 is 9.47 Å². The first-order valence-corrected chi connectivity index (χ1v) is 6.60. The maximum absolute atomic E-state index is 5.60. The van der Waals surface area contributed by atoms with Crippen LogP contribution in [-0.2, 0) is 11.3 Å². The van der Waals surface area contributed by atoms with E-state index in [2.05, 4.69) is 17.1 Å². The van der Waals surface area contributed by atoms with Crippen LogP contribution in [0.4, 0.5) is 0 Å². The molecule has 0 aliphatic rings. The van der Waals surface area contributed by atoms with E-state index in [0.717, 1.165) is 19.4 Å². The molecule has 3 nitrogen and oxygen atoms in total. The summed E-state index contributed by atoms with van der Waals surface area (Å²) in [5.74, 6) is 0.688. The number of hydrogen-bond donors (Lipinski definition) is 0. The van der Waals surface area contributed by atoms with Crippen molar-refractivity contribution in [2.75, 3.05) is 13.2 Å². The normalized spacial score (nSPS) is 10.3. The van der Waals surface area contributed by atoms with E-state index in [0.29, 0.717) is 19.1 Å². The lowest BCUT2D eigenvalue weighted by Crippen LogP contribution is -2.01. The first-order valence-electron chi connectivity index (χ1n) is 6.60. The van der Waals surface area contributed by atoms with Crippen LogP contribution in [0.1, 0.15) is 18.4 Å². The molecule has 0 amide bonds. The third kappa shape index (κ3) is 5.53. The Hall–Kier alpha value is -1.87. The van der Waals surface area contributed by atoms with Crippen molar-refractivity contribution in [2.24, 2.45) is 0 Å². The Bertz CT molecular complexity index is 401. The van der Waals surface area contributed by atoms with Crippen LogP contribution in [0.5, 0.6) is 5.88 Å². The van der Waals surface area contributed by atoms with E-state index in [-0.39, 0.29) is 0 Å². The van der Waals surface area contributed by atoms with Gasteiger partial charge in [-0.15, -0.1) is 0 Å². The zero-order valence-electron chi connectivity index (χ0n) is 11.0. The third-order valence-electron chi connectivity index (χ3n) is 2.68. The van der Waals surface area contributed by atoms with Gasteiger partial charge < -0.3 is 9.47 Å². The number of ether oxygens (including phenoxy) is 2. The minimum atomic E-state index is 0.682. The molecule has 2 rings (SSSR count). The molecule has 1 aromatic carbocycles. The Labute approximate surface area is 114 Å². The first-order chi connectivity index (χ1) is 9.45. The van der Waals surface area contributed by atoms with Gasteiger partial charge in [0.15, 0.2) is 0 Å². The topological polar surface area (TPSA) is 31.4 Å². The summed E-state index contributed by atoms with van der Waals surface area (Å²) in [6.07, 6.45) is 3.71. The molecule has 19 heavy (non-hydrogen) atoms. The van der Waals surface area contributed by atoms with Crippen LogP contribution < -0.4 is 4.74 Å². The third-order valence-corrected chi connectivity index (χ3v) is 2.68. The second-order valence-corrected chi connectivity index (χ2v) is 4.26. The monoisotopic (exact) mass is 257 g/mol. The van der Waals surface area contributed by atoms with Crippen molar-refractivity contribution in [1.29, 1.82) is 0 Å². The Morgan fingerprint density at radius 1 is 0.842 bits per heavy atom. The van der Waals surface area contributed by atoms with Gasteiger partial charge in [-0.2, -0.15) is 0 Å². The van der Waals surface area contributed by atoms with Crippen LogP contribution in [0, 0.1) is 0 Å². The van der Waals surface area contributed by atoms with Crippen LogP contribution >= 0.6 is 0 Å². The van der Waals surface area contributed by atoms with E-state index in [4.69, 9.17) is 9.47 Å². The maximum atomic E-state index is 5.60. The molecular weight excluding hydrogens is 238 g/mol. The SMILES string of the molecule is c1ccc(COCCCCOc2ccccn2)cc1. The second kappa shape index (κ2) is 8.27. The molecule has 0 unspecified atom stereocenters. The average molecular weight is 257 g/mol. The lowest BCUT2D eigenvalue weighted by atomic mass is 10.2. The van der Waals surface area contributed by atoms with Gasteiger partial charge in [0.05, 0.1) is 13.2 Å². The number of hydrogen-bond acceptors (Lipinski definition) is 3. The van der Waals surface area contributed by atoms with E-state index in [1.54, 1.807) is 6.20 Å². The highest BCUT2D eigenvalue weighted by molar-refractivity contribution is 5.13. The molecule has 0 bridgehead atoms. The average Bonchev–Trinajstić information content (AvgIpc) is 2.48. The predicted octanol–water partition coefficient (Wildman–Crippen LogP) is 3.46. The molecule has 0 saturated carbocycles. The standard InChI is InChI=1S/C16H19NO2/c1-2-8-15(9-3-1)14-18-12-6-7-13-19-16-10-4-5-11-17-16/h1-5,8-11H,6-7,12-14H2. The zero-order chi connectivity index (χ0) is 13.2. The summed E-state index contributed by atoms with van der Waals surface area (Å²) in [5.41, 5.74) is 1.22. The van der Waals surface area contributed by atoms with Crippen molar-refractivity contribution in [1.82, 2.24) is 4.98 Å². The summed E-state index contributed by atoms with van der Waals surface area (Å²) in [6.45, 7) is 2.13. The second-order valence-electron chi connectivity index (χ2n) is 4.26. The quantitative estimate of drug-likeness (QED) is 0.679. The van der Waals surface area contributed by atoms with Crippen molar-refractivity contribution >= 4 is 0 Å². The molecule has 0 aliphatic carbocycles. The molecule has 0 fully saturated rings. The fourth-order valence-electron chi connectivity index (χ4n) is 1.68. The van der Waals surface area contributed by atoms with Gasteiger partial charge in [0, 0.05) is 18.9 Å². The molecule has 2 aromatic rings. The smallest absolute Gasteiger partial charge is 0.213 e. The molecule has 0 atom stereocenters. The van der Waals surface area contributed by atoms with Gasteiger partial charge >= 0.3 is 0 Å². The highest BCUT2D eigenvalue weighted by Gasteiger charge is 1.95. The van der Waals surface area contributed by atoms with Gasteiger partial charge in [0.25, 0.3) is 0 Å². The molecule has 0 radical (unpaired) electrons. The lowest BCUT2D eigenvalue weighted by Gasteiger charge is -2.06. The Kier molecular flexibility index (Phi) is 5.90. The van der Waals surface area contributed by atoms with Crippen LogP contribution in [0.3, 0.4) is 0 Å². The summed E-state index contributed by atoms with van der Waals surface area (Å²) < 4.78 is 11.1. The van der Waals surface area contributed by atoms with E-state index >= 15 is 0 Å². The highest BCUT2D eigenvalue weighted by Crippen LogP contribution is 2.05. The van der Waals surface area contributed by atoms with Crippen LogP contribution in [0.15, 0.2) is 54.7 Å². The zero-order valence-corrected chi connectivity index (χ0v) is 11.0. The highest BCUT2D eigenvalue weighted by atomic mass is 16.5. The summed E-state index contributed by atoms with van der Waals surface area (Å²) >= 11 is 0. The minimum Gasteiger partial charge on any atom is -0.478 e. The van der Waals surface area contributed by atoms with Crippen molar-refractivity contribution in [3.05, 3.63) is 60.3 Å². The van der Waals surface area contributed by atoms with Crippen LogP contribution in [0.25, 0.3) is 0 Å². The van der Waals surface area contributed by atoms with E-state index in [1.165, 1.54) is 5.56 Å². The van der Waals surface area contributed by atoms with Crippen molar-refractivity contribution in [2.45, 2.75) is 19.4 Å². The number of unbranched alkanes of at least 4 members (excludes halogenated alkanes) is 1. The van der Waals surface area contributed by atoms with E-state index < -0.39 is 0 Å². The molecule has 3 heteroatoms. The van der Waals surface area contributed by atoms with Crippen LogP contribution in [-0.4, -0.2) is 18.2 Å². The maximum Gasteiger partial charge on any atom is 0.213 e. The summed E-state index contributed by atoms with van der Waals surface area (Å²) in [7, 11) is 0. The van der Waals surface area contributed by atoms with Crippen LogP contribution in [0.2, 0.25) is 0 Å². The van der Waals surface area contributed by atoms with Gasteiger partial charge in [0.2, 0.25) is 5.88 Å². The van der Waals surface area contributed by atoms with E-state index in [1.807, 2.05) is 36.4 Å². The van der Waals surface area contributed by atoms with Crippen molar-refractivity contribution in [3.8, 4) is 5.88 Å². The Balaban J connectivity index is 1.49. The predicted molar refractivity (Wildman–Crippen MR) is 75.1 cm³/mol. The molecule has 0 aliphatic heterocycles. The van der Waals surface area contributed by atoms with Gasteiger partial charge in [-0.3, -0.25) is 0 Å². The summed E-state index contributed by atoms with van der Waals surface area (Å²) in [6, 6.07) is 15.9. The Morgan fingerprint density at radius 2 is 1.63 bits per heavy atom. The number of nitrogens with zero attached hydrogens (tertiary/aromatic N) is 1. The van der Waals surface area contributed by atoms with Gasteiger partial charge in [0.1, 0.15) is 0 Å². The number of aromatic nitrogens is 1. The first kappa shape index (κ1) is 13.6. The lowest BCUT2D eigenvalue weighted by molar-refractivity contribution is 0.113. The molecule has 0 spiro atoms. The summed E-state index contributed by atoms with van der Waals surface area (Å²) in [4.78, 5) is 4.10. The molecule has 0 N–H and O–H groups in total. The van der Waals surface area contributed by atoms with E-state index in [9.17, 15) is 0 Å².